The molecule has 6 heteroatoms. The standard InChI is InChI=1S/C19H18N4O2/c20-13-14-5-4-8-16(11-14)22-19(25)23-10-9-21-18(24)12-17(23)15-6-2-1-3-7-15/h1-8,11,17H,9-10,12H2,(H,21,24)(H,22,25)/t17-/m1/s1. The van der Waals surface area contributed by atoms with Crippen LogP contribution in [-0.4, -0.2) is 29.9 Å². The van der Waals surface area contributed by atoms with Gasteiger partial charge in [-0.15, -0.1) is 0 Å². The van der Waals surface area contributed by atoms with E-state index >= 15 is 0 Å². The van der Waals surface area contributed by atoms with Gasteiger partial charge in [-0.25, -0.2) is 4.79 Å². The van der Waals surface area contributed by atoms with Crippen LogP contribution >= 0.6 is 0 Å². The van der Waals surface area contributed by atoms with Crippen LogP contribution in [0.1, 0.15) is 23.6 Å². The van der Waals surface area contributed by atoms with Crippen molar-refractivity contribution in [2.45, 2.75) is 12.5 Å². The van der Waals surface area contributed by atoms with Gasteiger partial charge in [0.15, 0.2) is 0 Å². The van der Waals surface area contributed by atoms with Crippen LogP contribution in [0.5, 0.6) is 0 Å². The van der Waals surface area contributed by atoms with Crippen LogP contribution in [0.4, 0.5) is 10.5 Å². The lowest BCUT2D eigenvalue weighted by molar-refractivity contribution is -0.121. The first-order valence-corrected chi connectivity index (χ1v) is 8.07. The Morgan fingerprint density at radius 1 is 1.20 bits per heavy atom. The van der Waals surface area contributed by atoms with E-state index in [1.165, 1.54) is 0 Å². The van der Waals surface area contributed by atoms with Crippen LogP contribution in [0.15, 0.2) is 54.6 Å². The highest BCUT2D eigenvalue weighted by atomic mass is 16.2. The third-order valence-corrected chi connectivity index (χ3v) is 4.12. The minimum Gasteiger partial charge on any atom is -0.354 e. The maximum atomic E-state index is 12.8. The average Bonchev–Trinajstić information content (AvgIpc) is 2.84. The summed E-state index contributed by atoms with van der Waals surface area (Å²) in [5, 5.41) is 14.6. The molecule has 2 aromatic carbocycles. The van der Waals surface area contributed by atoms with E-state index in [0.717, 1.165) is 5.56 Å². The molecule has 1 atom stereocenters. The van der Waals surface area contributed by atoms with E-state index in [0.29, 0.717) is 24.3 Å². The predicted octanol–water partition coefficient (Wildman–Crippen LogP) is 2.65. The summed E-state index contributed by atoms with van der Waals surface area (Å²) in [7, 11) is 0. The molecule has 0 aliphatic carbocycles. The second kappa shape index (κ2) is 7.49. The van der Waals surface area contributed by atoms with Gasteiger partial charge in [-0.05, 0) is 23.8 Å². The van der Waals surface area contributed by atoms with Crippen LogP contribution in [0.2, 0.25) is 0 Å². The molecule has 1 aliphatic heterocycles. The van der Waals surface area contributed by atoms with Gasteiger partial charge >= 0.3 is 6.03 Å². The molecular formula is C19H18N4O2. The Bertz CT molecular complexity index is 814. The summed E-state index contributed by atoms with van der Waals surface area (Å²) in [5.41, 5.74) is 1.95. The van der Waals surface area contributed by atoms with Crippen molar-refractivity contribution in [1.82, 2.24) is 10.2 Å². The number of carbonyl (C=O) groups is 2. The molecule has 1 aliphatic rings. The highest BCUT2D eigenvalue weighted by Crippen LogP contribution is 2.26. The number of urea groups is 1. The van der Waals surface area contributed by atoms with Gasteiger partial charge in [0.05, 0.1) is 24.1 Å². The molecule has 126 valence electrons. The Labute approximate surface area is 146 Å². The Morgan fingerprint density at radius 3 is 2.76 bits per heavy atom. The molecule has 3 rings (SSSR count). The summed E-state index contributed by atoms with van der Waals surface area (Å²) in [5.74, 6) is -0.0735. The fourth-order valence-corrected chi connectivity index (χ4v) is 2.91. The first kappa shape index (κ1) is 16.5. The maximum Gasteiger partial charge on any atom is 0.322 e. The normalized spacial score (nSPS) is 17.2. The van der Waals surface area contributed by atoms with Gasteiger partial charge in [-0.2, -0.15) is 5.26 Å². The van der Waals surface area contributed by atoms with Crippen molar-refractivity contribution in [3.8, 4) is 6.07 Å². The zero-order valence-corrected chi connectivity index (χ0v) is 13.6. The number of anilines is 1. The molecule has 6 nitrogen and oxygen atoms in total. The number of nitrogens with one attached hydrogen (secondary N) is 2. The average molecular weight is 334 g/mol. The summed E-state index contributed by atoms with van der Waals surface area (Å²) in [4.78, 5) is 26.4. The van der Waals surface area contributed by atoms with Gasteiger partial charge in [0.25, 0.3) is 0 Å². The first-order chi connectivity index (χ1) is 12.2. The van der Waals surface area contributed by atoms with E-state index in [1.807, 2.05) is 30.3 Å². The second-order valence-electron chi connectivity index (χ2n) is 5.80. The molecule has 0 bridgehead atoms. The summed E-state index contributed by atoms with van der Waals surface area (Å²) in [6, 6.07) is 17.7. The van der Waals surface area contributed by atoms with Crippen molar-refractivity contribution in [2.24, 2.45) is 0 Å². The molecule has 0 unspecified atom stereocenters. The molecule has 3 amide bonds. The highest BCUT2D eigenvalue weighted by molar-refractivity contribution is 5.90. The van der Waals surface area contributed by atoms with Crippen LogP contribution in [-0.2, 0) is 4.79 Å². The van der Waals surface area contributed by atoms with Crippen LogP contribution in [0.3, 0.4) is 0 Å². The number of hydrogen-bond acceptors (Lipinski definition) is 3. The van der Waals surface area contributed by atoms with Gasteiger partial charge in [-0.3, -0.25) is 4.79 Å². The third-order valence-electron chi connectivity index (χ3n) is 4.12. The van der Waals surface area contributed by atoms with Crippen LogP contribution in [0, 0.1) is 11.3 Å². The quantitative estimate of drug-likeness (QED) is 0.885. The maximum absolute atomic E-state index is 12.8. The number of nitriles is 1. The van der Waals surface area contributed by atoms with Crippen molar-refractivity contribution in [3.05, 3.63) is 65.7 Å². The summed E-state index contributed by atoms with van der Waals surface area (Å²) < 4.78 is 0. The van der Waals surface area contributed by atoms with E-state index in [2.05, 4.69) is 16.7 Å². The summed E-state index contributed by atoms with van der Waals surface area (Å²) in [6.07, 6.45) is 0.218. The molecule has 25 heavy (non-hydrogen) atoms. The van der Waals surface area contributed by atoms with Crippen molar-refractivity contribution < 1.29 is 9.59 Å². The van der Waals surface area contributed by atoms with Crippen molar-refractivity contribution in [1.29, 1.82) is 5.26 Å². The number of rotatable bonds is 2. The van der Waals surface area contributed by atoms with E-state index in [-0.39, 0.29) is 24.4 Å². The minimum atomic E-state index is -0.331. The van der Waals surface area contributed by atoms with Gasteiger partial charge in [0.1, 0.15) is 0 Å². The number of nitrogens with zero attached hydrogens (tertiary/aromatic N) is 2. The lowest BCUT2D eigenvalue weighted by Crippen LogP contribution is -2.39. The molecular weight excluding hydrogens is 316 g/mol. The molecule has 1 heterocycles. The zero-order chi connectivity index (χ0) is 17.6. The van der Waals surface area contributed by atoms with Gasteiger partial charge in [0.2, 0.25) is 5.91 Å². The van der Waals surface area contributed by atoms with Gasteiger partial charge in [0, 0.05) is 18.8 Å². The highest BCUT2D eigenvalue weighted by Gasteiger charge is 2.29. The van der Waals surface area contributed by atoms with Crippen molar-refractivity contribution >= 4 is 17.6 Å². The first-order valence-electron chi connectivity index (χ1n) is 8.07. The largest absolute Gasteiger partial charge is 0.354 e. The Morgan fingerprint density at radius 2 is 2.00 bits per heavy atom. The lowest BCUT2D eigenvalue weighted by Gasteiger charge is -2.29. The molecule has 0 spiro atoms. The minimum absolute atomic E-state index is 0.0735. The number of amides is 3. The second-order valence-corrected chi connectivity index (χ2v) is 5.80. The molecule has 0 aromatic heterocycles. The Hall–Kier alpha value is -3.33. The number of benzene rings is 2. The Balaban J connectivity index is 1.84. The fraction of sp³-hybridized carbons (Fsp3) is 0.211. The molecule has 0 radical (unpaired) electrons. The number of carbonyl (C=O) groups excluding carboxylic acids is 2. The smallest absolute Gasteiger partial charge is 0.322 e. The van der Waals surface area contributed by atoms with E-state index in [4.69, 9.17) is 5.26 Å². The van der Waals surface area contributed by atoms with E-state index in [9.17, 15) is 9.59 Å². The van der Waals surface area contributed by atoms with E-state index in [1.54, 1.807) is 29.2 Å². The molecule has 1 saturated heterocycles. The van der Waals surface area contributed by atoms with Crippen LogP contribution in [0.25, 0.3) is 0 Å². The van der Waals surface area contributed by atoms with Crippen molar-refractivity contribution in [2.75, 3.05) is 18.4 Å². The van der Waals surface area contributed by atoms with E-state index < -0.39 is 0 Å². The molecule has 0 saturated carbocycles. The summed E-state index contributed by atoms with van der Waals surface area (Å²) in [6.45, 7) is 0.822. The molecule has 1 fully saturated rings. The summed E-state index contributed by atoms with van der Waals surface area (Å²) >= 11 is 0. The van der Waals surface area contributed by atoms with Crippen LogP contribution < -0.4 is 10.6 Å². The van der Waals surface area contributed by atoms with Gasteiger partial charge in [-0.1, -0.05) is 36.4 Å². The Kier molecular flexibility index (Phi) is 4.95. The molecule has 2 N–H and O–H groups in total. The third kappa shape index (κ3) is 3.96. The zero-order valence-electron chi connectivity index (χ0n) is 13.6. The lowest BCUT2D eigenvalue weighted by atomic mass is 10.0. The number of hydrogen-bond donors (Lipinski definition) is 2. The SMILES string of the molecule is N#Cc1cccc(NC(=O)N2CCNC(=O)C[C@@H]2c2ccccc2)c1. The van der Waals surface area contributed by atoms with Crippen molar-refractivity contribution in [3.63, 3.8) is 0 Å². The molecule has 2 aromatic rings. The fourth-order valence-electron chi connectivity index (χ4n) is 2.91. The van der Waals surface area contributed by atoms with Gasteiger partial charge < -0.3 is 15.5 Å². The topological polar surface area (TPSA) is 85.2 Å². The monoisotopic (exact) mass is 334 g/mol. The predicted molar refractivity (Wildman–Crippen MR) is 93.7 cm³/mol.